The predicted octanol–water partition coefficient (Wildman–Crippen LogP) is 1.64. The summed E-state index contributed by atoms with van der Waals surface area (Å²) in [6.45, 7) is 0.808. The summed E-state index contributed by atoms with van der Waals surface area (Å²) in [7, 11) is 0. The van der Waals surface area contributed by atoms with Crippen molar-refractivity contribution in [3.63, 3.8) is 0 Å². The first-order chi connectivity index (χ1) is 6.83. The molecule has 0 unspecified atom stereocenters. The van der Waals surface area contributed by atoms with E-state index in [-0.39, 0.29) is 5.82 Å². The molecule has 0 bridgehead atoms. The zero-order valence-electron chi connectivity index (χ0n) is 7.59. The fourth-order valence-electron chi connectivity index (χ4n) is 1.39. The summed E-state index contributed by atoms with van der Waals surface area (Å²) in [4.78, 5) is 2.93. The Hall–Kier alpha value is -1.55. The summed E-state index contributed by atoms with van der Waals surface area (Å²) < 4.78 is 18.7. The van der Waals surface area contributed by atoms with Crippen molar-refractivity contribution in [2.75, 3.05) is 13.2 Å². The Kier molecular flexibility index (Phi) is 2.37. The van der Waals surface area contributed by atoms with Crippen molar-refractivity contribution >= 4 is 10.9 Å². The van der Waals surface area contributed by atoms with E-state index in [1.54, 1.807) is 18.3 Å². The summed E-state index contributed by atoms with van der Waals surface area (Å²) in [5, 5.41) is 0.487. The van der Waals surface area contributed by atoms with Crippen LogP contribution >= 0.6 is 0 Å². The van der Waals surface area contributed by atoms with Crippen molar-refractivity contribution < 1.29 is 9.13 Å². The van der Waals surface area contributed by atoms with Gasteiger partial charge in [0.15, 0.2) is 0 Å². The highest BCUT2D eigenvalue weighted by Crippen LogP contribution is 2.27. The van der Waals surface area contributed by atoms with Crippen LogP contribution in [0, 0.1) is 5.82 Å². The van der Waals surface area contributed by atoms with E-state index in [9.17, 15) is 4.39 Å². The van der Waals surface area contributed by atoms with Crippen molar-refractivity contribution in [1.82, 2.24) is 4.98 Å². The van der Waals surface area contributed by atoms with Crippen molar-refractivity contribution in [2.45, 2.75) is 0 Å². The van der Waals surface area contributed by atoms with Crippen molar-refractivity contribution in [3.05, 3.63) is 30.2 Å². The van der Waals surface area contributed by atoms with Crippen molar-refractivity contribution in [2.24, 2.45) is 5.73 Å². The van der Waals surface area contributed by atoms with Crippen molar-refractivity contribution in [1.29, 1.82) is 0 Å². The fraction of sp³-hybridized carbons (Fsp3) is 0.200. The zero-order valence-corrected chi connectivity index (χ0v) is 7.59. The van der Waals surface area contributed by atoms with E-state index < -0.39 is 0 Å². The predicted molar refractivity (Wildman–Crippen MR) is 52.8 cm³/mol. The van der Waals surface area contributed by atoms with Gasteiger partial charge in [-0.15, -0.1) is 0 Å². The van der Waals surface area contributed by atoms with E-state index in [2.05, 4.69) is 4.98 Å². The Bertz CT molecular complexity index is 439. The van der Waals surface area contributed by atoms with E-state index in [0.29, 0.717) is 24.3 Å². The Labute approximate surface area is 80.7 Å². The molecule has 0 atom stereocenters. The quantitative estimate of drug-likeness (QED) is 0.780. The van der Waals surface area contributed by atoms with E-state index in [0.717, 1.165) is 5.52 Å². The number of aromatic amines is 1. The third-order valence-corrected chi connectivity index (χ3v) is 1.99. The van der Waals surface area contributed by atoms with Gasteiger partial charge in [-0.2, -0.15) is 0 Å². The second-order valence-electron chi connectivity index (χ2n) is 2.95. The molecule has 1 aromatic heterocycles. The van der Waals surface area contributed by atoms with Gasteiger partial charge in [-0.05, 0) is 12.1 Å². The lowest BCUT2D eigenvalue weighted by Crippen LogP contribution is -2.10. The summed E-state index contributed by atoms with van der Waals surface area (Å²) in [6, 6.07) is 4.86. The maximum atomic E-state index is 13.4. The molecular formula is C10H11FN2O. The number of benzene rings is 1. The first-order valence-corrected chi connectivity index (χ1v) is 4.41. The second-order valence-corrected chi connectivity index (χ2v) is 2.95. The molecule has 2 rings (SSSR count). The van der Waals surface area contributed by atoms with E-state index in [4.69, 9.17) is 10.5 Å². The highest BCUT2D eigenvalue weighted by molar-refractivity contribution is 5.86. The summed E-state index contributed by atoms with van der Waals surface area (Å²) in [5.41, 5.74) is 6.03. The molecule has 1 heterocycles. The molecule has 0 aliphatic rings. The molecule has 0 amide bonds. The van der Waals surface area contributed by atoms with Crippen LogP contribution in [0.4, 0.5) is 4.39 Å². The molecule has 0 aliphatic carbocycles. The average molecular weight is 194 g/mol. The van der Waals surface area contributed by atoms with Crippen LogP contribution in [0.3, 0.4) is 0 Å². The number of H-pyrrole nitrogens is 1. The molecular weight excluding hydrogens is 183 g/mol. The van der Waals surface area contributed by atoms with Crippen LogP contribution in [-0.4, -0.2) is 18.1 Å². The molecule has 0 saturated carbocycles. The number of rotatable bonds is 3. The van der Waals surface area contributed by atoms with E-state index >= 15 is 0 Å². The van der Waals surface area contributed by atoms with Crippen LogP contribution in [0.5, 0.6) is 5.75 Å². The molecule has 4 heteroatoms. The highest BCUT2D eigenvalue weighted by atomic mass is 19.1. The summed E-state index contributed by atoms with van der Waals surface area (Å²) in [5.74, 6) is 0.235. The van der Waals surface area contributed by atoms with Crippen LogP contribution in [0.2, 0.25) is 0 Å². The Morgan fingerprint density at radius 3 is 3.07 bits per heavy atom. The van der Waals surface area contributed by atoms with E-state index in [1.165, 1.54) is 6.07 Å². The first kappa shape index (κ1) is 9.02. The Morgan fingerprint density at radius 1 is 1.43 bits per heavy atom. The second kappa shape index (κ2) is 3.67. The van der Waals surface area contributed by atoms with Crippen molar-refractivity contribution in [3.8, 4) is 5.75 Å². The molecule has 1 aromatic carbocycles. The average Bonchev–Trinajstić information content (AvgIpc) is 2.59. The first-order valence-electron chi connectivity index (χ1n) is 4.41. The van der Waals surface area contributed by atoms with Crippen LogP contribution in [-0.2, 0) is 0 Å². The fourth-order valence-corrected chi connectivity index (χ4v) is 1.39. The number of fused-ring (bicyclic) bond motifs is 1. The maximum Gasteiger partial charge on any atom is 0.147 e. The number of ether oxygens (including phenoxy) is 1. The van der Waals surface area contributed by atoms with Gasteiger partial charge in [0.05, 0.1) is 10.9 Å². The van der Waals surface area contributed by atoms with Gasteiger partial charge in [0.2, 0.25) is 0 Å². The Morgan fingerprint density at radius 2 is 2.29 bits per heavy atom. The number of halogens is 1. The van der Waals surface area contributed by atoms with Gasteiger partial charge >= 0.3 is 0 Å². The van der Waals surface area contributed by atoms with Gasteiger partial charge in [0.1, 0.15) is 18.2 Å². The number of nitrogens with one attached hydrogen (secondary N) is 1. The zero-order chi connectivity index (χ0) is 9.97. The lowest BCUT2D eigenvalue weighted by Gasteiger charge is -2.02. The largest absolute Gasteiger partial charge is 0.490 e. The molecule has 0 fully saturated rings. The minimum absolute atomic E-state index is 0.282. The molecule has 0 spiro atoms. The third kappa shape index (κ3) is 1.44. The normalized spacial score (nSPS) is 10.7. The van der Waals surface area contributed by atoms with Crippen LogP contribution < -0.4 is 10.5 Å². The van der Waals surface area contributed by atoms with Gasteiger partial charge < -0.3 is 15.5 Å². The minimum Gasteiger partial charge on any atom is -0.490 e. The van der Waals surface area contributed by atoms with Crippen LogP contribution in [0.15, 0.2) is 24.4 Å². The van der Waals surface area contributed by atoms with E-state index in [1.807, 2.05) is 0 Å². The summed E-state index contributed by atoms with van der Waals surface area (Å²) in [6.07, 6.45) is 1.64. The number of nitrogens with two attached hydrogens (primary N) is 1. The molecule has 0 aliphatic heterocycles. The number of hydrogen-bond acceptors (Lipinski definition) is 2. The SMILES string of the molecule is NCCOc1c[nH]c2cccc(F)c12. The standard InChI is InChI=1S/C10H11FN2O/c11-7-2-1-3-8-10(7)9(6-13-8)14-5-4-12/h1-3,6,13H,4-5,12H2. The van der Waals surface area contributed by atoms with Gasteiger partial charge in [0, 0.05) is 12.7 Å². The molecule has 0 saturated heterocycles. The molecule has 2 aromatic rings. The highest BCUT2D eigenvalue weighted by Gasteiger charge is 2.08. The molecule has 74 valence electrons. The molecule has 3 N–H and O–H groups in total. The van der Waals surface area contributed by atoms with Crippen LogP contribution in [0.25, 0.3) is 10.9 Å². The smallest absolute Gasteiger partial charge is 0.147 e. The lowest BCUT2D eigenvalue weighted by atomic mass is 10.2. The summed E-state index contributed by atoms with van der Waals surface area (Å²) >= 11 is 0. The molecule has 3 nitrogen and oxygen atoms in total. The molecule has 0 radical (unpaired) electrons. The number of aromatic nitrogens is 1. The number of hydrogen-bond donors (Lipinski definition) is 2. The minimum atomic E-state index is -0.282. The van der Waals surface area contributed by atoms with Gasteiger partial charge in [-0.1, -0.05) is 6.07 Å². The third-order valence-electron chi connectivity index (χ3n) is 1.99. The van der Waals surface area contributed by atoms with Crippen LogP contribution in [0.1, 0.15) is 0 Å². The van der Waals surface area contributed by atoms with Gasteiger partial charge in [0.25, 0.3) is 0 Å². The maximum absolute atomic E-state index is 13.4. The van der Waals surface area contributed by atoms with Gasteiger partial charge in [-0.3, -0.25) is 0 Å². The Balaban J connectivity index is 2.45. The molecule has 14 heavy (non-hydrogen) atoms. The monoisotopic (exact) mass is 194 g/mol. The van der Waals surface area contributed by atoms with Gasteiger partial charge in [-0.25, -0.2) is 4.39 Å². The lowest BCUT2D eigenvalue weighted by molar-refractivity contribution is 0.331. The topological polar surface area (TPSA) is 51.0 Å².